The maximum atomic E-state index is 8.97. The van der Waals surface area contributed by atoms with E-state index in [0.29, 0.717) is 12.6 Å². The predicted octanol–water partition coefficient (Wildman–Crippen LogP) is 3.58. The third-order valence-corrected chi connectivity index (χ3v) is 6.70. The maximum Gasteiger partial charge on any atom is 0.119 e. The van der Waals surface area contributed by atoms with Crippen LogP contribution in [-0.2, 0) is 6.54 Å². The van der Waals surface area contributed by atoms with Crippen LogP contribution in [0.25, 0.3) is 11.3 Å². The number of likely N-dealkylation sites (N-methyl/N-ethyl adjacent to an activating group) is 1. The monoisotopic (exact) mass is 446 g/mol. The van der Waals surface area contributed by atoms with E-state index in [4.69, 9.17) is 9.84 Å². The van der Waals surface area contributed by atoms with E-state index in [2.05, 4.69) is 45.9 Å². The fourth-order valence-corrected chi connectivity index (χ4v) is 4.76. The molecule has 0 amide bonds. The Morgan fingerprint density at radius 2 is 2.00 bits per heavy atom. The molecule has 2 aliphatic rings. The molecule has 33 heavy (non-hydrogen) atoms. The minimum Gasteiger partial charge on any atom is -0.491 e. The fourth-order valence-electron chi connectivity index (χ4n) is 4.76. The van der Waals surface area contributed by atoms with E-state index in [1.165, 1.54) is 16.7 Å². The molecule has 2 aromatic carbocycles. The van der Waals surface area contributed by atoms with Crippen molar-refractivity contribution in [2.24, 2.45) is 5.10 Å². The molecule has 0 aliphatic carbocycles. The Bertz CT molecular complexity index is 1160. The van der Waals surface area contributed by atoms with Crippen molar-refractivity contribution < 1.29 is 9.84 Å². The van der Waals surface area contributed by atoms with Crippen LogP contribution in [0.3, 0.4) is 0 Å². The first-order chi connectivity index (χ1) is 16.0. The van der Waals surface area contributed by atoms with Crippen LogP contribution < -0.4 is 10.1 Å². The summed E-state index contributed by atoms with van der Waals surface area (Å²) in [5, 5.41) is 28.0. The van der Waals surface area contributed by atoms with Gasteiger partial charge in [-0.15, -0.1) is 5.10 Å². The third kappa shape index (κ3) is 4.06. The number of nitrogens with zero attached hydrogens (tertiary/aromatic N) is 5. The summed E-state index contributed by atoms with van der Waals surface area (Å²) in [5.74, 6) is 1.01. The summed E-state index contributed by atoms with van der Waals surface area (Å²) in [7, 11) is 2.02. The Labute approximate surface area is 193 Å². The molecule has 3 aromatic rings. The number of nitrogens with one attached hydrogen (secondary N) is 1. The van der Waals surface area contributed by atoms with E-state index < -0.39 is 0 Å². The first-order valence-corrected chi connectivity index (χ1v) is 11.5. The Morgan fingerprint density at radius 1 is 1.18 bits per heavy atom. The van der Waals surface area contributed by atoms with E-state index in [1.807, 2.05) is 54.1 Å². The van der Waals surface area contributed by atoms with Crippen LogP contribution in [0.2, 0.25) is 0 Å². The molecule has 5 rings (SSSR count). The molecule has 0 spiro atoms. The highest BCUT2D eigenvalue weighted by Gasteiger charge is 2.30. The highest BCUT2D eigenvalue weighted by molar-refractivity contribution is 5.74. The second-order valence-corrected chi connectivity index (χ2v) is 8.78. The summed E-state index contributed by atoms with van der Waals surface area (Å²) in [6.07, 6.45) is 2.94. The molecule has 0 radical (unpaired) electrons. The van der Waals surface area contributed by atoms with Crippen LogP contribution in [0.4, 0.5) is 5.69 Å². The molecule has 0 saturated heterocycles. The SMILES string of the molecule is Cc1nnn2c1-c1ccc(C3C=NN(C)C3C)cc1C(Nc1ccc(OCCO)cc1)CC2. The molecule has 1 aromatic heterocycles. The largest absolute Gasteiger partial charge is 0.491 e. The summed E-state index contributed by atoms with van der Waals surface area (Å²) in [6, 6.07) is 15.1. The van der Waals surface area contributed by atoms with Crippen LogP contribution >= 0.6 is 0 Å². The maximum absolute atomic E-state index is 8.97. The fraction of sp³-hybridized carbons (Fsp3) is 0.400. The van der Waals surface area contributed by atoms with Crippen molar-refractivity contribution in [2.45, 2.75) is 44.8 Å². The third-order valence-electron chi connectivity index (χ3n) is 6.70. The highest BCUT2D eigenvalue weighted by Crippen LogP contribution is 2.39. The van der Waals surface area contributed by atoms with Crippen molar-refractivity contribution in [2.75, 3.05) is 25.6 Å². The number of hydrogen-bond donors (Lipinski definition) is 2. The summed E-state index contributed by atoms with van der Waals surface area (Å²) in [6.45, 7) is 5.32. The molecule has 3 atom stereocenters. The van der Waals surface area contributed by atoms with E-state index in [1.54, 1.807) is 0 Å². The van der Waals surface area contributed by atoms with Gasteiger partial charge < -0.3 is 15.2 Å². The van der Waals surface area contributed by atoms with E-state index >= 15 is 0 Å². The number of rotatable bonds is 6. The van der Waals surface area contributed by atoms with Gasteiger partial charge in [-0.25, -0.2) is 4.68 Å². The van der Waals surface area contributed by atoms with Crippen molar-refractivity contribution >= 4 is 11.9 Å². The number of anilines is 1. The van der Waals surface area contributed by atoms with Gasteiger partial charge in [0.2, 0.25) is 0 Å². The minimum absolute atomic E-state index is 0.00438. The Kier molecular flexibility index (Phi) is 5.76. The lowest BCUT2D eigenvalue weighted by molar-refractivity contribution is 0.201. The molecule has 2 N–H and O–H groups in total. The molecule has 0 fully saturated rings. The van der Waals surface area contributed by atoms with Crippen LogP contribution in [0, 0.1) is 6.92 Å². The predicted molar refractivity (Wildman–Crippen MR) is 129 cm³/mol. The quantitative estimate of drug-likeness (QED) is 0.602. The summed E-state index contributed by atoms with van der Waals surface area (Å²) >= 11 is 0. The number of aliphatic hydroxyl groups is 1. The molecule has 0 saturated carbocycles. The van der Waals surface area contributed by atoms with Crippen LogP contribution in [0.15, 0.2) is 47.6 Å². The topological polar surface area (TPSA) is 87.8 Å². The van der Waals surface area contributed by atoms with Gasteiger partial charge in [0.25, 0.3) is 0 Å². The van der Waals surface area contributed by atoms with Gasteiger partial charge in [0.1, 0.15) is 12.4 Å². The van der Waals surface area contributed by atoms with E-state index in [9.17, 15) is 0 Å². The molecule has 3 heterocycles. The first-order valence-electron chi connectivity index (χ1n) is 11.5. The standard InChI is InChI=1S/C25H30N6O2/c1-16-25-21-9-4-18(23-15-26-30(3)17(23)2)14-22(21)24(10-11-31(25)29-28-16)27-19-5-7-20(8-6-19)33-13-12-32/h4-9,14-15,17,23-24,27,32H,10-13H2,1-3H3. The minimum atomic E-state index is 0.00438. The summed E-state index contributed by atoms with van der Waals surface area (Å²) < 4.78 is 7.52. The Morgan fingerprint density at radius 3 is 2.73 bits per heavy atom. The Balaban J connectivity index is 1.50. The normalized spacial score (nSPS) is 21.5. The van der Waals surface area contributed by atoms with Gasteiger partial charge in [0.15, 0.2) is 0 Å². The van der Waals surface area contributed by atoms with Gasteiger partial charge in [-0.3, -0.25) is 5.01 Å². The Hall–Kier alpha value is -3.39. The average Bonchev–Trinajstić information content (AvgIpc) is 3.31. The van der Waals surface area contributed by atoms with Crippen molar-refractivity contribution in [3.05, 3.63) is 59.3 Å². The summed E-state index contributed by atoms with van der Waals surface area (Å²) in [5.41, 5.74) is 6.78. The lowest BCUT2D eigenvalue weighted by atomic mass is 9.88. The van der Waals surface area contributed by atoms with Crippen LogP contribution in [0.5, 0.6) is 5.75 Å². The van der Waals surface area contributed by atoms with E-state index in [0.717, 1.165) is 35.8 Å². The molecule has 172 valence electrons. The number of aryl methyl sites for hydroxylation is 2. The lowest BCUT2D eigenvalue weighted by Gasteiger charge is -2.24. The molecule has 8 heteroatoms. The number of benzene rings is 2. The second kappa shape index (κ2) is 8.86. The molecule has 0 bridgehead atoms. The number of aliphatic hydroxyl groups excluding tert-OH is 1. The number of hydrazone groups is 1. The smallest absolute Gasteiger partial charge is 0.119 e. The zero-order chi connectivity index (χ0) is 22.9. The average molecular weight is 447 g/mol. The van der Waals surface area contributed by atoms with Crippen molar-refractivity contribution in [3.63, 3.8) is 0 Å². The lowest BCUT2D eigenvalue weighted by Crippen LogP contribution is -2.24. The van der Waals surface area contributed by atoms with Gasteiger partial charge in [-0.05, 0) is 55.7 Å². The second-order valence-electron chi connectivity index (χ2n) is 8.78. The molecular weight excluding hydrogens is 416 g/mol. The van der Waals surface area contributed by atoms with Gasteiger partial charge in [-0.2, -0.15) is 5.10 Å². The van der Waals surface area contributed by atoms with Crippen LogP contribution in [0.1, 0.15) is 42.1 Å². The van der Waals surface area contributed by atoms with E-state index in [-0.39, 0.29) is 18.6 Å². The van der Waals surface area contributed by atoms with Gasteiger partial charge in [0.05, 0.1) is 30.1 Å². The first kappa shape index (κ1) is 21.5. The van der Waals surface area contributed by atoms with Gasteiger partial charge in [-0.1, -0.05) is 23.4 Å². The number of fused-ring (bicyclic) bond motifs is 3. The molecule has 3 unspecified atom stereocenters. The van der Waals surface area contributed by atoms with Gasteiger partial charge in [0, 0.05) is 37.0 Å². The zero-order valence-corrected chi connectivity index (χ0v) is 19.3. The molecular formula is C25H30N6O2. The number of ether oxygens (including phenoxy) is 1. The highest BCUT2D eigenvalue weighted by atomic mass is 16.5. The van der Waals surface area contributed by atoms with Crippen molar-refractivity contribution in [3.8, 4) is 17.0 Å². The zero-order valence-electron chi connectivity index (χ0n) is 19.3. The van der Waals surface area contributed by atoms with Crippen molar-refractivity contribution in [1.82, 2.24) is 20.0 Å². The van der Waals surface area contributed by atoms with Crippen molar-refractivity contribution in [1.29, 1.82) is 0 Å². The van der Waals surface area contributed by atoms with Gasteiger partial charge >= 0.3 is 0 Å². The summed E-state index contributed by atoms with van der Waals surface area (Å²) in [4.78, 5) is 0. The number of hydrogen-bond acceptors (Lipinski definition) is 7. The molecule has 2 aliphatic heterocycles. The molecule has 8 nitrogen and oxygen atoms in total. The van der Waals surface area contributed by atoms with Crippen LogP contribution in [-0.4, -0.2) is 57.6 Å². The number of aromatic nitrogens is 3.